The Hall–Kier alpha value is 0.160. The molecule has 0 aromatic heterocycles. The van der Waals surface area contributed by atoms with E-state index in [0.717, 1.165) is 0 Å². The summed E-state index contributed by atoms with van der Waals surface area (Å²) in [5, 5.41) is -0.174. The summed E-state index contributed by atoms with van der Waals surface area (Å²) in [4.78, 5) is 0. The smallest absolute Gasteiger partial charge is 0.213 e. The predicted octanol–water partition coefficient (Wildman–Crippen LogP) is 0.816. The van der Waals surface area contributed by atoms with Gasteiger partial charge in [-0.3, -0.25) is 0 Å². The van der Waals surface area contributed by atoms with E-state index < -0.39 is 10.0 Å². The second-order valence-electron chi connectivity index (χ2n) is 3.42. The first-order chi connectivity index (χ1) is 6.39. The Morgan fingerprint density at radius 1 is 1.43 bits per heavy atom. The van der Waals surface area contributed by atoms with Gasteiger partial charge in [-0.15, -0.1) is 11.6 Å². The number of rotatable bonds is 7. The van der Waals surface area contributed by atoms with Crippen LogP contribution in [0.3, 0.4) is 0 Å². The second-order valence-corrected chi connectivity index (χ2v) is 5.91. The van der Waals surface area contributed by atoms with Crippen LogP contribution in [0, 0.1) is 5.92 Å². The van der Waals surface area contributed by atoms with Crippen molar-refractivity contribution in [3.05, 3.63) is 0 Å². The number of methoxy groups -OCH3 is 1. The minimum Gasteiger partial charge on any atom is -0.384 e. The standard InChI is InChI=1S/C8H18ClNO3S/c1-7(2)8(9)6-10-14(11,12)5-4-13-3/h7-8,10H,4-6H2,1-3H3. The minimum absolute atomic E-state index is 0.0226. The Morgan fingerprint density at radius 2 is 2.00 bits per heavy atom. The van der Waals surface area contributed by atoms with Crippen molar-refractivity contribution >= 4 is 21.6 Å². The molecule has 1 atom stereocenters. The van der Waals surface area contributed by atoms with Crippen molar-refractivity contribution in [1.29, 1.82) is 0 Å². The average Bonchev–Trinajstić information content (AvgIpc) is 2.11. The van der Waals surface area contributed by atoms with E-state index in [9.17, 15) is 8.42 Å². The summed E-state index contributed by atoms with van der Waals surface area (Å²) >= 11 is 5.90. The molecule has 14 heavy (non-hydrogen) atoms. The molecule has 86 valence electrons. The van der Waals surface area contributed by atoms with Crippen LogP contribution >= 0.6 is 11.6 Å². The maximum atomic E-state index is 11.3. The highest BCUT2D eigenvalue weighted by Gasteiger charge is 2.14. The Kier molecular flexibility index (Phi) is 6.68. The molecule has 1 unspecified atom stereocenters. The molecule has 0 amide bonds. The summed E-state index contributed by atoms with van der Waals surface area (Å²) in [6, 6.07) is 0. The van der Waals surface area contributed by atoms with E-state index in [1.165, 1.54) is 7.11 Å². The molecule has 0 spiro atoms. The van der Waals surface area contributed by atoms with Crippen molar-refractivity contribution in [1.82, 2.24) is 4.72 Å². The molecule has 0 bridgehead atoms. The molecule has 0 heterocycles. The van der Waals surface area contributed by atoms with Gasteiger partial charge in [0.2, 0.25) is 10.0 Å². The lowest BCUT2D eigenvalue weighted by Gasteiger charge is -2.13. The molecule has 0 aromatic rings. The third kappa shape index (κ3) is 6.59. The van der Waals surface area contributed by atoms with Crippen LogP contribution in [0.15, 0.2) is 0 Å². The Morgan fingerprint density at radius 3 is 2.43 bits per heavy atom. The lowest BCUT2D eigenvalue weighted by atomic mass is 10.1. The lowest BCUT2D eigenvalue weighted by Crippen LogP contribution is -2.34. The molecule has 0 saturated heterocycles. The highest BCUT2D eigenvalue weighted by atomic mass is 35.5. The van der Waals surface area contributed by atoms with Crippen molar-refractivity contribution < 1.29 is 13.2 Å². The summed E-state index contributed by atoms with van der Waals surface area (Å²) in [5.41, 5.74) is 0. The molecular weight excluding hydrogens is 226 g/mol. The normalized spacial score (nSPS) is 14.6. The van der Waals surface area contributed by atoms with Gasteiger partial charge in [0.15, 0.2) is 0 Å². The van der Waals surface area contributed by atoms with Crippen molar-refractivity contribution in [2.75, 3.05) is 26.0 Å². The summed E-state index contributed by atoms with van der Waals surface area (Å²) in [5.74, 6) is 0.229. The Balaban J connectivity index is 3.87. The van der Waals surface area contributed by atoms with Gasteiger partial charge in [0, 0.05) is 19.0 Å². The van der Waals surface area contributed by atoms with Gasteiger partial charge >= 0.3 is 0 Å². The van der Waals surface area contributed by atoms with Gasteiger partial charge in [0.05, 0.1) is 12.4 Å². The van der Waals surface area contributed by atoms with Gasteiger partial charge in [-0.25, -0.2) is 13.1 Å². The van der Waals surface area contributed by atoms with Gasteiger partial charge in [-0.05, 0) is 5.92 Å². The topological polar surface area (TPSA) is 55.4 Å². The molecule has 0 aromatic carbocycles. The van der Waals surface area contributed by atoms with Crippen LogP contribution in [0.25, 0.3) is 0 Å². The predicted molar refractivity (Wildman–Crippen MR) is 58.1 cm³/mol. The Labute approximate surface area is 91.0 Å². The van der Waals surface area contributed by atoms with Crippen LogP contribution in [-0.2, 0) is 14.8 Å². The van der Waals surface area contributed by atoms with E-state index in [1.54, 1.807) is 0 Å². The zero-order valence-electron chi connectivity index (χ0n) is 8.79. The summed E-state index contributed by atoms with van der Waals surface area (Å²) in [6.07, 6.45) is 0. The third-order valence-corrected chi connectivity index (χ3v) is 3.75. The average molecular weight is 244 g/mol. The van der Waals surface area contributed by atoms with Crippen LogP contribution in [-0.4, -0.2) is 39.8 Å². The number of ether oxygens (including phenoxy) is 1. The molecule has 0 radical (unpaired) electrons. The van der Waals surface area contributed by atoms with Gasteiger partial charge in [-0.1, -0.05) is 13.8 Å². The van der Waals surface area contributed by atoms with Gasteiger partial charge in [-0.2, -0.15) is 0 Å². The summed E-state index contributed by atoms with van der Waals surface area (Å²) in [6.45, 7) is 4.36. The fraction of sp³-hybridized carbons (Fsp3) is 1.00. The number of hydrogen-bond acceptors (Lipinski definition) is 3. The summed E-state index contributed by atoms with van der Waals surface area (Å²) in [7, 11) is -1.77. The lowest BCUT2D eigenvalue weighted by molar-refractivity contribution is 0.217. The molecule has 0 saturated carbocycles. The third-order valence-electron chi connectivity index (χ3n) is 1.78. The monoisotopic (exact) mass is 243 g/mol. The molecule has 0 aliphatic carbocycles. The summed E-state index contributed by atoms with van der Waals surface area (Å²) < 4.78 is 29.6. The molecule has 1 N–H and O–H groups in total. The van der Waals surface area contributed by atoms with E-state index in [2.05, 4.69) is 9.46 Å². The first-order valence-electron chi connectivity index (χ1n) is 4.49. The van der Waals surface area contributed by atoms with E-state index in [-0.39, 0.29) is 30.2 Å². The zero-order chi connectivity index (χ0) is 11.2. The van der Waals surface area contributed by atoms with Gasteiger partial charge in [0.25, 0.3) is 0 Å². The molecule has 0 fully saturated rings. The number of nitrogens with one attached hydrogen (secondary N) is 1. The minimum atomic E-state index is -3.23. The van der Waals surface area contributed by atoms with Gasteiger partial charge in [0.1, 0.15) is 0 Å². The molecular formula is C8H18ClNO3S. The maximum absolute atomic E-state index is 11.3. The van der Waals surface area contributed by atoms with Crippen LogP contribution in [0.5, 0.6) is 0 Å². The molecule has 0 aliphatic heterocycles. The van der Waals surface area contributed by atoms with Crippen LogP contribution in [0.1, 0.15) is 13.8 Å². The van der Waals surface area contributed by atoms with Crippen LogP contribution < -0.4 is 4.72 Å². The van der Waals surface area contributed by atoms with E-state index in [4.69, 9.17) is 11.6 Å². The van der Waals surface area contributed by atoms with E-state index >= 15 is 0 Å². The molecule has 4 nitrogen and oxygen atoms in total. The largest absolute Gasteiger partial charge is 0.384 e. The number of sulfonamides is 1. The zero-order valence-corrected chi connectivity index (χ0v) is 10.4. The number of hydrogen-bond donors (Lipinski definition) is 1. The van der Waals surface area contributed by atoms with Crippen molar-refractivity contribution in [2.45, 2.75) is 19.2 Å². The highest BCUT2D eigenvalue weighted by Crippen LogP contribution is 2.07. The first kappa shape index (κ1) is 14.2. The number of halogens is 1. The van der Waals surface area contributed by atoms with Crippen molar-refractivity contribution in [3.8, 4) is 0 Å². The van der Waals surface area contributed by atoms with E-state index in [0.29, 0.717) is 0 Å². The van der Waals surface area contributed by atoms with Crippen LogP contribution in [0.2, 0.25) is 0 Å². The quantitative estimate of drug-likeness (QED) is 0.674. The van der Waals surface area contributed by atoms with E-state index in [1.807, 2.05) is 13.8 Å². The highest BCUT2D eigenvalue weighted by molar-refractivity contribution is 7.89. The molecule has 0 rings (SSSR count). The molecule has 6 heteroatoms. The maximum Gasteiger partial charge on any atom is 0.213 e. The first-order valence-corrected chi connectivity index (χ1v) is 6.58. The van der Waals surface area contributed by atoms with Crippen molar-refractivity contribution in [2.24, 2.45) is 5.92 Å². The number of alkyl halides is 1. The molecule has 0 aliphatic rings. The fourth-order valence-corrected chi connectivity index (χ4v) is 1.84. The van der Waals surface area contributed by atoms with Crippen molar-refractivity contribution in [3.63, 3.8) is 0 Å². The Bertz CT molecular complexity index is 241. The fourth-order valence-electron chi connectivity index (χ4n) is 0.707. The SMILES string of the molecule is COCCS(=O)(=O)NCC(Cl)C(C)C. The van der Waals surface area contributed by atoms with Crippen LogP contribution in [0.4, 0.5) is 0 Å². The second kappa shape index (κ2) is 6.61. The van der Waals surface area contributed by atoms with Gasteiger partial charge < -0.3 is 4.74 Å².